The molecule has 0 atom stereocenters. The molecule has 3 aromatic carbocycles. The first-order chi connectivity index (χ1) is 17.0. The molecule has 0 fully saturated rings. The van der Waals surface area contributed by atoms with Crippen molar-refractivity contribution in [2.45, 2.75) is 32.1 Å². The second-order valence-corrected chi connectivity index (χ2v) is 8.54. The molecule has 0 radical (unpaired) electrons. The lowest BCUT2D eigenvalue weighted by molar-refractivity contribution is -0.116. The van der Waals surface area contributed by atoms with Crippen LogP contribution in [0.15, 0.2) is 66.7 Å². The molecule has 0 bridgehead atoms. The van der Waals surface area contributed by atoms with Gasteiger partial charge in [-0.2, -0.15) is 0 Å². The van der Waals surface area contributed by atoms with E-state index >= 15 is 0 Å². The third-order valence-electron chi connectivity index (χ3n) is 6.28. The molecular weight excluding hydrogens is 444 g/mol. The van der Waals surface area contributed by atoms with E-state index in [1.165, 1.54) is 17.2 Å². The molecule has 1 aliphatic rings. The van der Waals surface area contributed by atoms with Gasteiger partial charge >= 0.3 is 12.1 Å². The Kier molecular flexibility index (Phi) is 7.45. The van der Waals surface area contributed by atoms with Gasteiger partial charge in [0.1, 0.15) is 6.61 Å². The van der Waals surface area contributed by atoms with E-state index in [9.17, 15) is 19.5 Å². The van der Waals surface area contributed by atoms with Crippen LogP contribution in [-0.4, -0.2) is 36.2 Å². The number of fused-ring (bicyclic) bond motifs is 3. The molecule has 7 heteroatoms. The lowest BCUT2D eigenvalue weighted by atomic mass is 9.98. The molecule has 1 aliphatic carbocycles. The number of rotatable bonds is 9. The van der Waals surface area contributed by atoms with E-state index in [1.54, 1.807) is 19.1 Å². The molecule has 3 aromatic rings. The highest BCUT2D eigenvalue weighted by Gasteiger charge is 2.28. The molecule has 0 unspecified atom stereocenters. The van der Waals surface area contributed by atoms with Crippen LogP contribution in [-0.2, 0) is 9.53 Å². The number of ether oxygens (including phenoxy) is 1. The second-order valence-electron chi connectivity index (χ2n) is 8.54. The first kappa shape index (κ1) is 24.0. The van der Waals surface area contributed by atoms with Crippen molar-refractivity contribution in [2.75, 3.05) is 18.5 Å². The van der Waals surface area contributed by atoms with Crippen molar-refractivity contribution in [3.05, 3.63) is 89.0 Å². The van der Waals surface area contributed by atoms with E-state index in [0.717, 1.165) is 11.1 Å². The standard InChI is InChI=1S/C28H28N2O5/c1-18-19(27(32)33)13-8-14-25(18)30-26(31)15-6-7-16-29-28(34)35-17-24-22-11-4-2-9-20(22)21-10-3-5-12-23(21)24/h2-5,8-14,24H,6-7,15-17H2,1H3,(H,29,34)(H,30,31)(H,32,33). The van der Waals surface area contributed by atoms with Gasteiger partial charge in [0, 0.05) is 24.6 Å². The summed E-state index contributed by atoms with van der Waals surface area (Å²) in [5.41, 5.74) is 5.86. The van der Waals surface area contributed by atoms with Crippen LogP contribution in [0.1, 0.15) is 52.2 Å². The van der Waals surface area contributed by atoms with Crippen LogP contribution in [0.4, 0.5) is 10.5 Å². The van der Waals surface area contributed by atoms with Crippen molar-refractivity contribution in [1.29, 1.82) is 0 Å². The van der Waals surface area contributed by atoms with Gasteiger partial charge in [0.15, 0.2) is 0 Å². The number of alkyl carbamates (subject to hydrolysis) is 1. The van der Waals surface area contributed by atoms with E-state index in [1.807, 2.05) is 24.3 Å². The number of hydrogen-bond acceptors (Lipinski definition) is 4. The van der Waals surface area contributed by atoms with Crippen molar-refractivity contribution in [3.8, 4) is 11.1 Å². The van der Waals surface area contributed by atoms with Gasteiger partial charge in [-0.1, -0.05) is 54.6 Å². The number of anilines is 1. The lowest BCUT2D eigenvalue weighted by Gasteiger charge is -2.14. The Morgan fingerprint density at radius 1 is 0.886 bits per heavy atom. The number of carboxylic acids is 1. The quantitative estimate of drug-likeness (QED) is 0.365. The molecule has 7 nitrogen and oxygen atoms in total. The van der Waals surface area contributed by atoms with Crippen molar-refractivity contribution >= 4 is 23.7 Å². The maximum Gasteiger partial charge on any atom is 0.407 e. The van der Waals surface area contributed by atoms with E-state index < -0.39 is 12.1 Å². The van der Waals surface area contributed by atoms with Gasteiger partial charge < -0.3 is 20.5 Å². The van der Waals surface area contributed by atoms with Gasteiger partial charge in [0.25, 0.3) is 0 Å². The molecule has 0 spiro atoms. The monoisotopic (exact) mass is 472 g/mol. The Morgan fingerprint density at radius 3 is 2.20 bits per heavy atom. The minimum atomic E-state index is -1.03. The highest BCUT2D eigenvalue weighted by molar-refractivity contribution is 5.96. The fraction of sp³-hybridized carbons (Fsp3) is 0.250. The third-order valence-corrected chi connectivity index (χ3v) is 6.28. The van der Waals surface area contributed by atoms with Gasteiger partial charge in [-0.3, -0.25) is 4.79 Å². The van der Waals surface area contributed by atoms with E-state index in [-0.39, 0.29) is 30.4 Å². The summed E-state index contributed by atoms with van der Waals surface area (Å²) in [6.07, 6.45) is 0.986. The summed E-state index contributed by atoms with van der Waals surface area (Å²) in [5.74, 6) is -1.21. The predicted octanol–water partition coefficient (Wildman–Crippen LogP) is 5.34. The Morgan fingerprint density at radius 2 is 1.54 bits per heavy atom. The van der Waals surface area contributed by atoms with E-state index in [4.69, 9.17) is 4.74 Å². The molecule has 180 valence electrons. The smallest absolute Gasteiger partial charge is 0.407 e. The fourth-order valence-electron chi connectivity index (χ4n) is 4.47. The highest BCUT2D eigenvalue weighted by Crippen LogP contribution is 2.44. The minimum absolute atomic E-state index is 0.0138. The van der Waals surface area contributed by atoms with Crippen molar-refractivity contribution in [3.63, 3.8) is 0 Å². The molecular formula is C28H28N2O5. The number of benzene rings is 3. The predicted molar refractivity (Wildman–Crippen MR) is 134 cm³/mol. The van der Waals surface area contributed by atoms with Gasteiger partial charge in [-0.05, 0) is 59.7 Å². The number of aromatic carboxylic acids is 1. The molecule has 0 aliphatic heterocycles. The molecule has 0 heterocycles. The number of carbonyl (C=O) groups is 3. The molecule has 2 amide bonds. The molecule has 0 aromatic heterocycles. The molecule has 0 saturated carbocycles. The minimum Gasteiger partial charge on any atom is -0.478 e. The fourth-order valence-corrected chi connectivity index (χ4v) is 4.47. The Hall–Kier alpha value is -4.13. The van der Waals surface area contributed by atoms with Crippen LogP contribution in [0.2, 0.25) is 0 Å². The van der Waals surface area contributed by atoms with Gasteiger partial charge in [-0.15, -0.1) is 0 Å². The second kappa shape index (κ2) is 10.9. The maximum atomic E-state index is 12.2. The van der Waals surface area contributed by atoms with E-state index in [2.05, 4.69) is 34.9 Å². The van der Waals surface area contributed by atoms with Crippen LogP contribution in [0.5, 0.6) is 0 Å². The number of hydrogen-bond donors (Lipinski definition) is 3. The molecule has 3 N–H and O–H groups in total. The number of unbranched alkanes of at least 4 members (excludes halogenated alkanes) is 1. The van der Waals surface area contributed by atoms with Crippen LogP contribution >= 0.6 is 0 Å². The normalized spacial score (nSPS) is 11.9. The molecule has 35 heavy (non-hydrogen) atoms. The van der Waals surface area contributed by atoms with E-state index in [0.29, 0.717) is 30.6 Å². The number of amides is 2. The van der Waals surface area contributed by atoms with Crippen molar-refractivity contribution < 1.29 is 24.2 Å². The summed E-state index contributed by atoms with van der Waals surface area (Å²) in [4.78, 5) is 35.7. The van der Waals surface area contributed by atoms with Gasteiger partial charge in [0.05, 0.1) is 5.56 Å². The third kappa shape index (κ3) is 5.51. The van der Waals surface area contributed by atoms with Crippen LogP contribution in [0.25, 0.3) is 11.1 Å². The maximum absolute atomic E-state index is 12.2. The summed E-state index contributed by atoms with van der Waals surface area (Å²) in [6, 6.07) is 21.1. The summed E-state index contributed by atoms with van der Waals surface area (Å²) < 4.78 is 5.51. The zero-order chi connectivity index (χ0) is 24.8. The largest absolute Gasteiger partial charge is 0.478 e. The lowest BCUT2D eigenvalue weighted by Crippen LogP contribution is -2.27. The zero-order valence-electron chi connectivity index (χ0n) is 19.5. The van der Waals surface area contributed by atoms with Gasteiger partial charge in [0.2, 0.25) is 5.91 Å². The Balaban J connectivity index is 1.18. The SMILES string of the molecule is Cc1c(NC(=O)CCCCNC(=O)OCC2c3ccccc3-c3ccccc32)cccc1C(=O)O. The van der Waals surface area contributed by atoms with Gasteiger partial charge in [-0.25, -0.2) is 9.59 Å². The summed E-state index contributed by atoms with van der Waals surface area (Å²) >= 11 is 0. The Bertz CT molecular complexity index is 1210. The zero-order valence-corrected chi connectivity index (χ0v) is 19.5. The highest BCUT2D eigenvalue weighted by atomic mass is 16.5. The molecule has 0 saturated heterocycles. The topological polar surface area (TPSA) is 105 Å². The van der Waals surface area contributed by atoms with Crippen molar-refractivity contribution in [2.24, 2.45) is 0 Å². The Labute approximate surface area is 204 Å². The summed E-state index contributed by atoms with van der Waals surface area (Å²) in [6.45, 7) is 2.33. The average Bonchev–Trinajstić information content (AvgIpc) is 3.17. The summed E-state index contributed by atoms with van der Waals surface area (Å²) in [5, 5.41) is 14.7. The number of carboxylic acid groups (broad SMARTS) is 1. The van der Waals surface area contributed by atoms with Crippen molar-refractivity contribution in [1.82, 2.24) is 5.32 Å². The molecule has 4 rings (SSSR count). The van der Waals surface area contributed by atoms with Crippen LogP contribution in [0.3, 0.4) is 0 Å². The average molecular weight is 473 g/mol. The van der Waals surface area contributed by atoms with Crippen LogP contribution < -0.4 is 10.6 Å². The first-order valence-electron chi connectivity index (χ1n) is 11.7. The summed E-state index contributed by atoms with van der Waals surface area (Å²) in [7, 11) is 0. The van der Waals surface area contributed by atoms with Crippen LogP contribution in [0, 0.1) is 6.92 Å². The first-order valence-corrected chi connectivity index (χ1v) is 11.7. The number of carbonyl (C=O) groups excluding carboxylic acids is 2. The number of nitrogens with one attached hydrogen (secondary N) is 2.